The van der Waals surface area contributed by atoms with Crippen molar-refractivity contribution in [2.24, 2.45) is 23.7 Å². The Morgan fingerprint density at radius 3 is 1.66 bits per heavy atom. The van der Waals surface area contributed by atoms with Crippen LogP contribution >= 0.6 is 0 Å². The first-order chi connectivity index (χ1) is 27.9. The van der Waals surface area contributed by atoms with Gasteiger partial charge < -0.3 is 4.90 Å². The van der Waals surface area contributed by atoms with Crippen molar-refractivity contribution < 1.29 is 0 Å². The monoisotopic (exact) mass is 755 g/mol. The van der Waals surface area contributed by atoms with Crippen LogP contribution in [-0.4, -0.2) is 0 Å². The van der Waals surface area contributed by atoms with E-state index in [0.717, 1.165) is 23.7 Å². The average molecular weight is 756 g/mol. The fourth-order valence-electron chi connectivity index (χ4n) is 14.2. The number of hydrogen-bond acceptors (Lipinski definition) is 1. The minimum atomic E-state index is -0.0968. The van der Waals surface area contributed by atoms with E-state index in [1.807, 2.05) is 0 Å². The number of anilines is 3. The Morgan fingerprint density at radius 2 is 0.966 bits per heavy atom. The molecule has 0 N–H and O–H groups in total. The van der Waals surface area contributed by atoms with Crippen LogP contribution in [-0.2, 0) is 21.7 Å². The Bertz CT molecular complexity index is 2640. The van der Waals surface area contributed by atoms with E-state index < -0.39 is 0 Å². The maximum Gasteiger partial charge on any atom is 0.0546 e. The van der Waals surface area contributed by atoms with E-state index in [0.29, 0.717) is 0 Å². The van der Waals surface area contributed by atoms with Crippen molar-refractivity contribution in [3.8, 4) is 33.4 Å². The molecule has 4 bridgehead atoms. The molecule has 6 aromatic carbocycles. The lowest BCUT2D eigenvalue weighted by atomic mass is 9.43. The Morgan fingerprint density at radius 1 is 0.414 bits per heavy atom. The molecule has 1 spiro atoms. The number of rotatable bonds is 4. The van der Waals surface area contributed by atoms with E-state index in [-0.39, 0.29) is 21.7 Å². The molecule has 0 aliphatic heterocycles. The molecule has 1 nitrogen and oxygen atoms in total. The highest BCUT2D eigenvalue weighted by Gasteiger charge is 2.61. The van der Waals surface area contributed by atoms with Crippen molar-refractivity contribution in [2.75, 3.05) is 4.90 Å². The van der Waals surface area contributed by atoms with E-state index in [1.165, 1.54) is 118 Å². The summed E-state index contributed by atoms with van der Waals surface area (Å²) in [7, 11) is 0. The SMILES string of the molecule is CC1(C)CCC(C)(C)c2cc(N(c3ccc4c(c3)C(C)(C)c3ccccc3-4)c3cc4c(cc3-c3ccccc3)C3(c5ccccc5-4)C4CC5CC(C4)CC3C5)ccc21. The third-order valence-corrected chi connectivity index (χ3v) is 16.9. The van der Waals surface area contributed by atoms with Crippen LogP contribution in [0.1, 0.15) is 120 Å². The van der Waals surface area contributed by atoms with Crippen molar-refractivity contribution in [1.82, 2.24) is 0 Å². The molecule has 0 heterocycles. The lowest BCUT2D eigenvalue weighted by Gasteiger charge is -2.61. The topological polar surface area (TPSA) is 3.24 Å². The summed E-state index contributed by atoms with van der Waals surface area (Å²) in [6, 6.07) is 50.3. The van der Waals surface area contributed by atoms with E-state index in [4.69, 9.17) is 0 Å². The molecule has 0 atom stereocenters. The van der Waals surface area contributed by atoms with E-state index in [2.05, 4.69) is 174 Å². The summed E-state index contributed by atoms with van der Waals surface area (Å²) >= 11 is 0. The Balaban J connectivity index is 1.15. The van der Waals surface area contributed by atoms with Crippen LogP contribution in [0.15, 0.2) is 127 Å². The molecule has 58 heavy (non-hydrogen) atoms. The van der Waals surface area contributed by atoms with Crippen molar-refractivity contribution in [2.45, 2.75) is 108 Å². The maximum absolute atomic E-state index is 2.72. The second kappa shape index (κ2) is 11.9. The van der Waals surface area contributed by atoms with Gasteiger partial charge in [0.05, 0.1) is 5.69 Å². The maximum atomic E-state index is 2.72. The molecular formula is C57H57N. The smallest absolute Gasteiger partial charge is 0.0546 e. The van der Waals surface area contributed by atoms with Crippen LogP contribution in [0.25, 0.3) is 33.4 Å². The summed E-state index contributed by atoms with van der Waals surface area (Å²) in [6.07, 6.45) is 9.45. The second-order valence-electron chi connectivity index (χ2n) is 21.2. The average Bonchev–Trinajstić information content (AvgIpc) is 3.63. The number of hydrogen-bond donors (Lipinski definition) is 0. The quantitative estimate of drug-likeness (QED) is 0.173. The first-order valence-corrected chi connectivity index (χ1v) is 22.5. The molecule has 7 aliphatic rings. The molecule has 0 aromatic heterocycles. The molecule has 0 saturated heterocycles. The van der Waals surface area contributed by atoms with Gasteiger partial charge >= 0.3 is 0 Å². The van der Waals surface area contributed by atoms with Crippen LogP contribution in [0.2, 0.25) is 0 Å². The fraction of sp³-hybridized carbons (Fsp3) is 0.368. The minimum absolute atomic E-state index is 0.0963. The summed E-state index contributed by atoms with van der Waals surface area (Å²) in [6.45, 7) is 14.7. The minimum Gasteiger partial charge on any atom is -0.310 e. The van der Waals surface area contributed by atoms with Gasteiger partial charge in [-0.25, -0.2) is 0 Å². The fourth-order valence-corrected chi connectivity index (χ4v) is 14.2. The molecule has 290 valence electrons. The third kappa shape index (κ3) is 4.65. The van der Waals surface area contributed by atoms with E-state index in [9.17, 15) is 0 Å². The first-order valence-electron chi connectivity index (χ1n) is 22.5. The lowest BCUT2D eigenvalue weighted by Crippen LogP contribution is -2.55. The number of fused-ring (bicyclic) bond motifs is 7. The third-order valence-electron chi connectivity index (χ3n) is 16.9. The van der Waals surface area contributed by atoms with Gasteiger partial charge in [-0.3, -0.25) is 0 Å². The zero-order chi connectivity index (χ0) is 39.3. The van der Waals surface area contributed by atoms with Crippen LogP contribution in [0.5, 0.6) is 0 Å². The van der Waals surface area contributed by atoms with Gasteiger partial charge in [0.25, 0.3) is 0 Å². The molecule has 6 aromatic rings. The Kier molecular flexibility index (Phi) is 7.18. The molecule has 4 fully saturated rings. The zero-order valence-corrected chi connectivity index (χ0v) is 35.3. The van der Waals surface area contributed by atoms with Gasteiger partial charge in [-0.1, -0.05) is 133 Å². The molecule has 1 heteroatoms. The highest BCUT2D eigenvalue weighted by molar-refractivity contribution is 5.96. The first kappa shape index (κ1) is 35.1. The van der Waals surface area contributed by atoms with Crippen LogP contribution < -0.4 is 4.90 Å². The Hall–Kier alpha value is -4.88. The standard InChI is InChI=1S/C57H57N/c1-54(2)24-25-55(3,4)52-32-41(21-23-49(52)54)58(40-20-22-44-42-16-10-12-18-47(42)56(5,6)50(44)31-40)53-34-46-43-17-11-13-19-48(43)57(38-27-35-26-36(29-38)30-39(57)28-35)51(46)33-45(53)37-14-8-7-9-15-37/h7-23,31-36,38-39H,24-30H2,1-6H3. The largest absolute Gasteiger partial charge is 0.310 e. The molecule has 4 saturated carbocycles. The zero-order valence-electron chi connectivity index (χ0n) is 35.3. The van der Waals surface area contributed by atoms with Crippen LogP contribution in [0.4, 0.5) is 17.1 Å². The highest BCUT2D eigenvalue weighted by atomic mass is 15.1. The summed E-state index contributed by atoms with van der Waals surface area (Å²) in [5, 5.41) is 0. The summed E-state index contributed by atoms with van der Waals surface area (Å²) in [5.74, 6) is 3.29. The molecule has 0 radical (unpaired) electrons. The summed E-state index contributed by atoms with van der Waals surface area (Å²) in [4.78, 5) is 2.66. The molecule has 0 amide bonds. The van der Waals surface area contributed by atoms with Crippen LogP contribution in [0, 0.1) is 23.7 Å². The lowest BCUT2D eigenvalue weighted by molar-refractivity contribution is -0.0399. The van der Waals surface area contributed by atoms with Crippen molar-refractivity contribution >= 4 is 17.1 Å². The van der Waals surface area contributed by atoms with E-state index in [1.54, 1.807) is 11.1 Å². The van der Waals surface area contributed by atoms with Gasteiger partial charge in [0, 0.05) is 27.8 Å². The van der Waals surface area contributed by atoms with Crippen molar-refractivity contribution in [1.29, 1.82) is 0 Å². The van der Waals surface area contributed by atoms with Gasteiger partial charge in [-0.05, 0) is 177 Å². The van der Waals surface area contributed by atoms with Crippen molar-refractivity contribution in [3.63, 3.8) is 0 Å². The Labute approximate surface area is 346 Å². The van der Waals surface area contributed by atoms with Gasteiger partial charge in [0.15, 0.2) is 0 Å². The summed E-state index contributed by atoms with van der Waals surface area (Å²) in [5.41, 5.74) is 21.4. The highest BCUT2D eigenvalue weighted by Crippen LogP contribution is 2.70. The van der Waals surface area contributed by atoms with Gasteiger partial charge in [0.1, 0.15) is 0 Å². The van der Waals surface area contributed by atoms with Crippen molar-refractivity contribution in [3.05, 3.63) is 161 Å². The predicted molar refractivity (Wildman–Crippen MR) is 243 cm³/mol. The second-order valence-corrected chi connectivity index (χ2v) is 21.2. The van der Waals surface area contributed by atoms with Gasteiger partial charge in [-0.15, -0.1) is 0 Å². The van der Waals surface area contributed by atoms with Crippen LogP contribution in [0.3, 0.4) is 0 Å². The molecule has 7 aliphatic carbocycles. The number of nitrogens with zero attached hydrogens (tertiary/aromatic N) is 1. The van der Waals surface area contributed by atoms with Gasteiger partial charge in [-0.2, -0.15) is 0 Å². The summed E-state index contributed by atoms with van der Waals surface area (Å²) < 4.78 is 0. The molecule has 13 rings (SSSR count). The molecule has 0 unspecified atom stereocenters. The normalized spacial score (nSPS) is 26.8. The number of benzene rings is 6. The predicted octanol–water partition coefficient (Wildman–Crippen LogP) is 15.2. The van der Waals surface area contributed by atoms with Gasteiger partial charge in [0.2, 0.25) is 0 Å². The van der Waals surface area contributed by atoms with E-state index >= 15 is 0 Å². The molecular weight excluding hydrogens is 699 g/mol.